The van der Waals surface area contributed by atoms with E-state index in [1.165, 1.54) is 16.7 Å². The third-order valence-electron chi connectivity index (χ3n) is 8.59. The molecule has 12 nitrogen and oxygen atoms in total. The Hall–Kier alpha value is -4.75. The molecule has 270 valence electrons. The van der Waals surface area contributed by atoms with E-state index in [0.29, 0.717) is 36.6 Å². The minimum absolute atomic E-state index is 0.146. The van der Waals surface area contributed by atoms with E-state index in [9.17, 15) is 24.0 Å². The van der Waals surface area contributed by atoms with Gasteiger partial charge in [0.2, 0.25) is 5.91 Å². The monoisotopic (exact) mass is 735 g/mol. The van der Waals surface area contributed by atoms with Crippen LogP contribution in [0.4, 0.5) is 15.3 Å². The van der Waals surface area contributed by atoms with Gasteiger partial charge in [-0.05, 0) is 75.1 Å². The second-order valence-corrected chi connectivity index (χ2v) is 15.2. The highest BCUT2D eigenvalue weighted by Gasteiger charge is 2.39. The zero-order chi connectivity index (χ0) is 36.8. The maximum Gasteiger partial charge on any atom is 0.410 e. The van der Waals surface area contributed by atoms with Crippen LogP contribution in [0.15, 0.2) is 77.7 Å². The largest absolute Gasteiger partial charge is 0.445 e. The van der Waals surface area contributed by atoms with Crippen molar-refractivity contribution in [3.8, 4) is 0 Å². The smallest absolute Gasteiger partial charge is 0.410 e. The number of anilines is 1. The van der Waals surface area contributed by atoms with Gasteiger partial charge in [-0.1, -0.05) is 61.0 Å². The second-order valence-electron chi connectivity index (χ2n) is 13.7. The molecule has 1 saturated heterocycles. The molecule has 2 aliphatic heterocycles. The summed E-state index contributed by atoms with van der Waals surface area (Å²) in [6.07, 6.45) is -0.389. The Morgan fingerprint density at radius 1 is 0.941 bits per heavy atom. The number of hydrogen-bond donors (Lipinski definition) is 3. The Bertz CT molecular complexity index is 1760. The molecule has 3 N–H and O–H groups in total. The van der Waals surface area contributed by atoms with E-state index in [2.05, 4.69) is 16.2 Å². The highest BCUT2D eigenvalue weighted by atomic mass is 35.5. The van der Waals surface area contributed by atoms with Crippen molar-refractivity contribution in [3.05, 3.63) is 94.5 Å². The summed E-state index contributed by atoms with van der Waals surface area (Å²) in [7, 11) is 0. The van der Waals surface area contributed by atoms with Gasteiger partial charge in [-0.3, -0.25) is 25.2 Å². The first-order valence-corrected chi connectivity index (χ1v) is 18.0. The minimum Gasteiger partial charge on any atom is -0.445 e. The van der Waals surface area contributed by atoms with Crippen LogP contribution in [0.1, 0.15) is 62.0 Å². The lowest BCUT2D eigenvalue weighted by atomic mass is 9.80. The van der Waals surface area contributed by atoms with E-state index in [1.807, 2.05) is 30.3 Å². The third kappa shape index (κ3) is 9.95. The summed E-state index contributed by atoms with van der Waals surface area (Å²) < 4.78 is 10.8. The van der Waals surface area contributed by atoms with Gasteiger partial charge in [0.15, 0.2) is 0 Å². The van der Waals surface area contributed by atoms with Crippen molar-refractivity contribution in [2.45, 2.75) is 70.2 Å². The number of hydrogen-bond acceptors (Lipinski definition) is 8. The average molecular weight is 736 g/mol. The van der Waals surface area contributed by atoms with Gasteiger partial charge in [-0.2, -0.15) is 0 Å². The summed E-state index contributed by atoms with van der Waals surface area (Å²) in [5.74, 6) is -1.09. The second kappa shape index (κ2) is 16.1. The van der Waals surface area contributed by atoms with Gasteiger partial charge in [-0.25, -0.2) is 9.59 Å². The molecule has 14 heteroatoms. The van der Waals surface area contributed by atoms with Crippen molar-refractivity contribution in [3.63, 3.8) is 0 Å². The van der Waals surface area contributed by atoms with Gasteiger partial charge >= 0.3 is 12.2 Å². The molecule has 0 spiro atoms. The van der Waals surface area contributed by atoms with E-state index in [-0.39, 0.29) is 36.3 Å². The molecule has 1 atom stereocenters. The number of amides is 5. The molecule has 0 unspecified atom stereocenters. The fourth-order valence-corrected chi connectivity index (χ4v) is 6.77. The number of rotatable bonds is 7. The number of carbonyl (C=O) groups is 5. The molecular formula is C37H42ClN5O7S. The van der Waals surface area contributed by atoms with Crippen LogP contribution in [-0.4, -0.2) is 65.3 Å². The van der Waals surface area contributed by atoms with Crippen LogP contribution >= 0.6 is 23.4 Å². The average Bonchev–Trinajstić information content (AvgIpc) is 3.22. The van der Waals surface area contributed by atoms with Gasteiger partial charge in [0.25, 0.3) is 11.8 Å². The molecule has 51 heavy (non-hydrogen) atoms. The number of alkyl carbamates (subject to hydrolysis) is 1. The Morgan fingerprint density at radius 2 is 1.63 bits per heavy atom. The normalized spacial score (nSPS) is 17.0. The van der Waals surface area contributed by atoms with Crippen LogP contribution in [0.5, 0.6) is 0 Å². The van der Waals surface area contributed by atoms with E-state index in [1.54, 1.807) is 75.1 Å². The Kier molecular flexibility index (Phi) is 11.8. The number of halogens is 1. The predicted octanol–water partition coefficient (Wildman–Crippen LogP) is 6.07. The summed E-state index contributed by atoms with van der Waals surface area (Å²) in [6, 6.07) is 20.5. The first kappa shape index (κ1) is 37.5. The third-order valence-corrected chi connectivity index (χ3v) is 10.0. The molecule has 0 saturated carbocycles. The summed E-state index contributed by atoms with van der Waals surface area (Å²) in [6.45, 7) is 7.98. The van der Waals surface area contributed by atoms with Crippen molar-refractivity contribution >= 4 is 59.0 Å². The predicted molar refractivity (Wildman–Crippen MR) is 194 cm³/mol. The van der Waals surface area contributed by atoms with E-state index >= 15 is 0 Å². The summed E-state index contributed by atoms with van der Waals surface area (Å²) in [5.41, 5.74) is 5.85. The standard InChI is InChI=1S/C37H42ClN5O7S/c1-36(2,3)50-34(47)39-28-23-51-30-15-12-26(20-29(30)43(32(28)45)21-24-10-13-27(38)14-11-24)31(44)40-41-33(46)37(4)16-18-42(19-17-37)35(48)49-22-25-8-6-5-7-9-25/h5-15,20,28H,16-19,21-23H2,1-4H3,(H,39,47)(H,40,44)(H,41,46)/t28-/m0/s1. The number of likely N-dealkylation sites (tertiary alicyclic amines) is 1. The van der Waals surface area contributed by atoms with Crippen molar-refractivity contribution in [1.82, 2.24) is 21.1 Å². The summed E-state index contributed by atoms with van der Waals surface area (Å²) in [4.78, 5) is 69.7. The highest BCUT2D eigenvalue weighted by molar-refractivity contribution is 7.99. The fraction of sp³-hybridized carbons (Fsp3) is 0.378. The van der Waals surface area contributed by atoms with E-state index in [0.717, 1.165) is 16.0 Å². The minimum atomic E-state index is -0.904. The molecule has 5 rings (SSSR count). The van der Waals surface area contributed by atoms with Gasteiger partial charge in [-0.15, -0.1) is 11.8 Å². The van der Waals surface area contributed by atoms with Gasteiger partial charge in [0.1, 0.15) is 18.2 Å². The number of piperidine rings is 1. The molecular weight excluding hydrogens is 694 g/mol. The van der Waals surface area contributed by atoms with E-state index < -0.39 is 35.2 Å². The van der Waals surface area contributed by atoms with Crippen molar-refractivity contribution in [1.29, 1.82) is 0 Å². The first-order valence-electron chi connectivity index (χ1n) is 16.6. The number of thioether (sulfide) groups is 1. The summed E-state index contributed by atoms with van der Waals surface area (Å²) in [5, 5.41) is 3.25. The number of hydrazine groups is 1. The van der Waals surface area contributed by atoms with Crippen LogP contribution in [0.2, 0.25) is 5.02 Å². The van der Waals surface area contributed by atoms with Gasteiger partial charge in [0, 0.05) is 34.3 Å². The molecule has 2 heterocycles. The van der Waals surface area contributed by atoms with Crippen molar-refractivity contribution in [2.24, 2.45) is 5.41 Å². The molecule has 0 radical (unpaired) electrons. The number of fused-ring (bicyclic) bond motifs is 1. The van der Waals surface area contributed by atoms with Crippen LogP contribution in [0, 0.1) is 5.41 Å². The molecule has 2 aliphatic rings. The number of nitrogens with one attached hydrogen (secondary N) is 3. The Balaban J connectivity index is 1.23. The number of nitrogens with zero attached hydrogens (tertiary/aromatic N) is 2. The maximum atomic E-state index is 14.0. The van der Waals surface area contributed by atoms with Crippen LogP contribution in [-0.2, 0) is 32.2 Å². The summed E-state index contributed by atoms with van der Waals surface area (Å²) >= 11 is 7.47. The lowest BCUT2D eigenvalue weighted by Crippen LogP contribution is -2.53. The Morgan fingerprint density at radius 3 is 2.29 bits per heavy atom. The zero-order valence-electron chi connectivity index (χ0n) is 29.0. The lowest BCUT2D eigenvalue weighted by Gasteiger charge is -2.37. The Labute approximate surface area is 306 Å². The number of benzene rings is 3. The van der Waals surface area contributed by atoms with Gasteiger partial charge < -0.3 is 24.6 Å². The molecule has 0 aromatic heterocycles. The maximum absolute atomic E-state index is 14.0. The van der Waals surface area contributed by atoms with Crippen molar-refractivity contribution < 1.29 is 33.4 Å². The highest BCUT2D eigenvalue weighted by Crippen LogP contribution is 2.37. The van der Waals surface area contributed by atoms with Crippen LogP contribution in [0.3, 0.4) is 0 Å². The van der Waals surface area contributed by atoms with Crippen LogP contribution < -0.4 is 21.1 Å². The molecule has 3 aromatic carbocycles. The molecule has 5 amide bonds. The number of carbonyl (C=O) groups excluding carboxylic acids is 5. The molecule has 0 bridgehead atoms. The molecule has 3 aromatic rings. The zero-order valence-corrected chi connectivity index (χ0v) is 30.6. The quantitative estimate of drug-likeness (QED) is 0.248. The van der Waals surface area contributed by atoms with Crippen molar-refractivity contribution in [2.75, 3.05) is 23.7 Å². The topological polar surface area (TPSA) is 146 Å². The van der Waals surface area contributed by atoms with Gasteiger partial charge in [0.05, 0.1) is 17.6 Å². The first-order chi connectivity index (χ1) is 24.2. The molecule has 1 fully saturated rings. The van der Waals surface area contributed by atoms with Crippen LogP contribution in [0.25, 0.3) is 0 Å². The number of ether oxygens (including phenoxy) is 2. The van der Waals surface area contributed by atoms with E-state index in [4.69, 9.17) is 21.1 Å². The SMILES string of the molecule is CC(C)(C)OC(=O)N[C@H]1CSc2ccc(C(=O)NNC(=O)C3(C)CCN(C(=O)OCc4ccccc4)CC3)cc2N(Cc2ccc(Cl)cc2)C1=O. The fourth-order valence-electron chi connectivity index (χ4n) is 5.59. The lowest BCUT2D eigenvalue weighted by molar-refractivity contribution is -0.133. The molecule has 0 aliphatic carbocycles.